The maximum atomic E-state index is 12.8. The van der Waals surface area contributed by atoms with Crippen LogP contribution >= 0.6 is 11.3 Å². The number of carbonyl (C=O) groups excluding carboxylic acids is 1. The fourth-order valence-electron chi connectivity index (χ4n) is 3.91. The van der Waals surface area contributed by atoms with Crippen molar-refractivity contribution in [1.29, 1.82) is 0 Å². The van der Waals surface area contributed by atoms with E-state index in [1.54, 1.807) is 17.5 Å². The highest BCUT2D eigenvalue weighted by Crippen LogP contribution is 2.14. The highest BCUT2D eigenvalue weighted by molar-refractivity contribution is 7.07. The van der Waals surface area contributed by atoms with E-state index in [9.17, 15) is 4.79 Å². The first kappa shape index (κ1) is 19.3. The first-order valence-electron chi connectivity index (χ1n) is 10.0. The van der Waals surface area contributed by atoms with Gasteiger partial charge in [0.25, 0.3) is 0 Å². The molecule has 0 atom stereocenters. The molecule has 0 bridgehead atoms. The Kier molecular flexibility index (Phi) is 6.51. The van der Waals surface area contributed by atoms with E-state index in [0.29, 0.717) is 6.54 Å². The van der Waals surface area contributed by atoms with Crippen molar-refractivity contribution in [2.45, 2.75) is 13.0 Å². The second-order valence-corrected chi connectivity index (χ2v) is 8.27. The van der Waals surface area contributed by atoms with E-state index in [-0.39, 0.29) is 5.91 Å². The van der Waals surface area contributed by atoms with Crippen molar-refractivity contribution in [3.05, 3.63) is 40.7 Å². The molecule has 4 heterocycles. The Hall–Kier alpha value is -2.03. The quantitative estimate of drug-likeness (QED) is 0.756. The van der Waals surface area contributed by atoms with E-state index >= 15 is 0 Å². The van der Waals surface area contributed by atoms with E-state index < -0.39 is 0 Å². The van der Waals surface area contributed by atoms with Crippen LogP contribution in [0.1, 0.15) is 12.0 Å². The fourth-order valence-corrected chi connectivity index (χ4v) is 4.57. The first-order valence-corrected chi connectivity index (χ1v) is 11.0. The summed E-state index contributed by atoms with van der Waals surface area (Å²) in [5.41, 5.74) is 1.38. The Bertz CT molecular complexity index is 732. The van der Waals surface area contributed by atoms with Gasteiger partial charge in [0, 0.05) is 65.1 Å². The van der Waals surface area contributed by atoms with Gasteiger partial charge in [0.15, 0.2) is 5.82 Å². The Morgan fingerprint density at radius 2 is 1.86 bits per heavy atom. The number of thiophene rings is 1. The van der Waals surface area contributed by atoms with Crippen LogP contribution < -0.4 is 4.90 Å². The van der Waals surface area contributed by atoms with E-state index in [0.717, 1.165) is 71.1 Å². The summed E-state index contributed by atoms with van der Waals surface area (Å²) in [5.74, 6) is 1.19. The van der Waals surface area contributed by atoms with Crippen LogP contribution in [0.15, 0.2) is 35.2 Å². The zero-order valence-electron chi connectivity index (χ0n) is 16.2. The minimum absolute atomic E-state index is 0.267. The van der Waals surface area contributed by atoms with Gasteiger partial charge in [-0.3, -0.25) is 14.6 Å². The predicted octanol–water partition coefficient (Wildman–Crippen LogP) is 1.39. The summed E-state index contributed by atoms with van der Waals surface area (Å²) in [4.78, 5) is 21.8. The van der Waals surface area contributed by atoms with Crippen molar-refractivity contribution < 1.29 is 4.79 Å². The summed E-state index contributed by atoms with van der Waals surface area (Å²) in [6.45, 7) is 8.82. The van der Waals surface area contributed by atoms with Crippen molar-refractivity contribution in [1.82, 2.24) is 24.9 Å². The highest BCUT2D eigenvalue weighted by Gasteiger charge is 2.24. The van der Waals surface area contributed by atoms with Crippen molar-refractivity contribution in [3.8, 4) is 0 Å². The minimum atomic E-state index is 0.267. The molecule has 2 fully saturated rings. The third-order valence-electron chi connectivity index (χ3n) is 5.54. The monoisotopic (exact) mass is 400 g/mol. The van der Waals surface area contributed by atoms with Crippen LogP contribution in [0.3, 0.4) is 0 Å². The minimum Gasteiger partial charge on any atom is -0.354 e. The Balaban J connectivity index is 1.22. The lowest BCUT2D eigenvalue weighted by atomic mass is 10.2. The third-order valence-corrected chi connectivity index (χ3v) is 6.27. The molecule has 2 aromatic heterocycles. The molecule has 2 aliphatic heterocycles. The summed E-state index contributed by atoms with van der Waals surface area (Å²) in [5, 5.41) is 12.5. The molecular formula is C20H28N6OS. The van der Waals surface area contributed by atoms with Crippen LogP contribution in [0, 0.1) is 0 Å². The van der Waals surface area contributed by atoms with Gasteiger partial charge >= 0.3 is 0 Å². The lowest BCUT2D eigenvalue weighted by Gasteiger charge is -2.35. The standard InChI is InChI=1S/C20H28N6OS/c27-20(26-12-9-24(10-13-26)15-18-4-14-28-17-18)16-23-6-2-7-25(11-8-23)19-3-1-5-21-22-19/h1,3-5,14,17H,2,6-13,15-16H2. The van der Waals surface area contributed by atoms with Gasteiger partial charge in [0.2, 0.25) is 5.91 Å². The SMILES string of the molecule is O=C(CN1CCCN(c2cccnn2)CC1)N1CCN(Cc2ccsc2)CC1. The molecule has 0 unspecified atom stereocenters. The summed E-state index contributed by atoms with van der Waals surface area (Å²) >= 11 is 1.75. The number of aromatic nitrogens is 2. The van der Waals surface area contributed by atoms with Crippen LogP contribution in [0.2, 0.25) is 0 Å². The molecular weight excluding hydrogens is 372 g/mol. The highest BCUT2D eigenvalue weighted by atomic mass is 32.1. The van der Waals surface area contributed by atoms with E-state index in [1.165, 1.54) is 5.56 Å². The van der Waals surface area contributed by atoms with Gasteiger partial charge in [0.05, 0.1) is 6.54 Å². The van der Waals surface area contributed by atoms with Crippen LogP contribution in [0.25, 0.3) is 0 Å². The zero-order valence-corrected chi connectivity index (χ0v) is 17.1. The third kappa shape index (κ3) is 5.06. The van der Waals surface area contributed by atoms with Gasteiger partial charge in [-0.05, 0) is 40.9 Å². The van der Waals surface area contributed by atoms with Gasteiger partial charge in [-0.15, -0.1) is 5.10 Å². The summed E-state index contributed by atoms with van der Waals surface area (Å²) < 4.78 is 0. The fraction of sp³-hybridized carbons (Fsp3) is 0.550. The van der Waals surface area contributed by atoms with Gasteiger partial charge in [-0.2, -0.15) is 16.4 Å². The number of carbonyl (C=O) groups is 1. The number of amides is 1. The van der Waals surface area contributed by atoms with Gasteiger partial charge < -0.3 is 9.80 Å². The van der Waals surface area contributed by atoms with Gasteiger partial charge in [0.1, 0.15) is 0 Å². The Morgan fingerprint density at radius 3 is 2.61 bits per heavy atom. The molecule has 2 aromatic rings. The number of hydrogen-bond acceptors (Lipinski definition) is 7. The molecule has 0 N–H and O–H groups in total. The second-order valence-electron chi connectivity index (χ2n) is 7.49. The number of anilines is 1. The van der Waals surface area contributed by atoms with Gasteiger partial charge in [-0.1, -0.05) is 0 Å². The summed E-state index contributed by atoms with van der Waals surface area (Å²) in [7, 11) is 0. The molecule has 2 aliphatic rings. The van der Waals surface area contributed by atoms with Crippen LogP contribution in [-0.4, -0.2) is 89.7 Å². The molecule has 0 aromatic carbocycles. The molecule has 2 saturated heterocycles. The maximum absolute atomic E-state index is 12.8. The number of piperazine rings is 1. The first-order chi connectivity index (χ1) is 13.8. The largest absolute Gasteiger partial charge is 0.354 e. The van der Waals surface area contributed by atoms with Crippen LogP contribution in [0.4, 0.5) is 5.82 Å². The molecule has 8 heteroatoms. The smallest absolute Gasteiger partial charge is 0.236 e. The van der Waals surface area contributed by atoms with Crippen molar-refractivity contribution in [3.63, 3.8) is 0 Å². The van der Waals surface area contributed by atoms with E-state index in [4.69, 9.17) is 0 Å². The maximum Gasteiger partial charge on any atom is 0.236 e. The van der Waals surface area contributed by atoms with E-state index in [2.05, 4.69) is 41.7 Å². The number of nitrogens with zero attached hydrogens (tertiary/aromatic N) is 6. The molecule has 0 spiro atoms. The normalized spacial score (nSPS) is 19.6. The Morgan fingerprint density at radius 1 is 1.00 bits per heavy atom. The van der Waals surface area contributed by atoms with Crippen LogP contribution in [-0.2, 0) is 11.3 Å². The molecule has 1 amide bonds. The summed E-state index contributed by atoms with van der Waals surface area (Å²) in [6.07, 6.45) is 2.74. The molecule has 150 valence electrons. The topological polar surface area (TPSA) is 55.8 Å². The summed E-state index contributed by atoms with van der Waals surface area (Å²) in [6, 6.07) is 6.11. The average Bonchev–Trinajstić information content (AvgIpc) is 3.13. The molecule has 28 heavy (non-hydrogen) atoms. The molecule has 0 radical (unpaired) electrons. The van der Waals surface area contributed by atoms with Crippen molar-refractivity contribution in [2.75, 3.05) is 63.8 Å². The zero-order chi connectivity index (χ0) is 19.2. The lowest BCUT2D eigenvalue weighted by Crippen LogP contribution is -2.51. The predicted molar refractivity (Wildman–Crippen MR) is 111 cm³/mol. The van der Waals surface area contributed by atoms with E-state index in [1.807, 2.05) is 17.0 Å². The molecule has 4 rings (SSSR count). The van der Waals surface area contributed by atoms with Crippen LogP contribution in [0.5, 0.6) is 0 Å². The van der Waals surface area contributed by atoms with Crippen molar-refractivity contribution >= 4 is 23.1 Å². The average molecular weight is 401 g/mol. The number of rotatable bonds is 5. The lowest BCUT2D eigenvalue weighted by molar-refractivity contribution is -0.134. The second kappa shape index (κ2) is 9.45. The molecule has 7 nitrogen and oxygen atoms in total. The molecule has 0 saturated carbocycles. The number of hydrogen-bond donors (Lipinski definition) is 0. The van der Waals surface area contributed by atoms with Crippen molar-refractivity contribution in [2.24, 2.45) is 0 Å². The Labute approximate surface area is 170 Å². The van der Waals surface area contributed by atoms with Gasteiger partial charge in [-0.25, -0.2) is 0 Å². The molecule has 0 aliphatic carbocycles.